The number of carboxylic acid groups (broad SMARTS) is 1. The molecule has 100 valence electrons. The predicted molar refractivity (Wildman–Crippen MR) is 68.5 cm³/mol. The summed E-state index contributed by atoms with van der Waals surface area (Å²) in [6, 6.07) is 0. The summed E-state index contributed by atoms with van der Waals surface area (Å²) in [5.41, 5.74) is 0. The van der Waals surface area contributed by atoms with E-state index in [1.807, 2.05) is 0 Å². The minimum Gasteiger partial charge on any atom is -0.481 e. The number of ether oxygens (including phenoxy) is 1. The van der Waals surface area contributed by atoms with Gasteiger partial charge in [0, 0.05) is 0 Å². The Bertz CT molecular complexity index is 399. The lowest BCUT2D eigenvalue weighted by Crippen LogP contribution is -2.32. The van der Waals surface area contributed by atoms with Crippen molar-refractivity contribution in [1.82, 2.24) is 0 Å². The molecule has 0 unspecified atom stereocenters. The third-order valence-corrected chi connectivity index (χ3v) is 3.55. The van der Waals surface area contributed by atoms with E-state index in [9.17, 15) is 9.59 Å². The molecule has 1 aliphatic carbocycles. The zero-order valence-corrected chi connectivity index (χ0v) is 11.5. The van der Waals surface area contributed by atoms with Gasteiger partial charge in [-0.2, -0.15) is 0 Å². The maximum Gasteiger partial charge on any atom is 0.310 e. The zero-order chi connectivity index (χ0) is 13.7. The van der Waals surface area contributed by atoms with Crippen LogP contribution < -0.4 is 0 Å². The molecule has 0 aliphatic heterocycles. The first-order valence-electron chi connectivity index (χ1n) is 5.17. The molecule has 1 rings (SSSR count). The first kappa shape index (κ1) is 15.3. The van der Waals surface area contributed by atoms with Crippen LogP contribution in [-0.4, -0.2) is 23.7 Å². The van der Waals surface area contributed by atoms with Crippen molar-refractivity contribution in [2.75, 3.05) is 6.61 Å². The van der Waals surface area contributed by atoms with Crippen molar-refractivity contribution >= 4 is 46.7 Å². The molecule has 0 heterocycles. The summed E-state index contributed by atoms with van der Waals surface area (Å²) in [6.07, 6.45) is 4.16. The Hall–Kier alpha value is -0.710. The molecule has 0 saturated carbocycles. The Morgan fingerprint density at radius 3 is 2.22 bits per heavy atom. The molecular formula is C11H11Cl3O4. The van der Waals surface area contributed by atoms with Crippen LogP contribution >= 0.6 is 34.8 Å². The molecule has 1 aliphatic rings. The lowest BCUT2D eigenvalue weighted by molar-refractivity contribution is -0.157. The fourth-order valence-electron chi connectivity index (χ4n) is 1.64. The monoisotopic (exact) mass is 312 g/mol. The fourth-order valence-corrected chi connectivity index (χ4v) is 1.81. The van der Waals surface area contributed by atoms with Crippen molar-refractivity contribution in [3.05, 3.63) is 21.7 Å². The number of carboxylic acids is 1. The summed E-state index contributed by atoms with van der Waals surface area (Å²) in [6.45, 7) is -0.255. The van der Waals surface area contributed by atoms with Gasteiger partial charge in [-0.05, 0) is 12.8 Å². The van der Waals surface area contributed by atoms with Crippen LogP contribution in [0.25, 0.3) is 0 Å². The van der Waals surface area contributed by atoms with Gasteiger partial charge in [-0.1, -0.05) is 47.0 Å². The lowest BCUT2D eigenvalue weighted by atomic mass is 9.83. The minimum atomic E-state index is -1.02. The third-order valence-electron chi connectivity index (χ3n) is 2.60. The predicted octanol–water partition coefficient (Wildman–Crippen LogP) is 3.08. The summed E-state index contributed by atoms with van der Waals surface area (Å²) >= 11 is 16.4. The number of hydrogen-bond donors (Lipinski definition) is 1. The smallest absolute Gasteiger partial charge is 0.310 e. The van der Waals surface area contributed by atoms with Crippen molar-refractivity contribution < 1.29 is 19.4 Å². The van der Waals surface area contributed by atoms with E-state index in [1.54, 1.807) is 12.2 Å². The molecule has 0 amide bonds. The van der Waals surface area contributed by atoms with Crippen LogP contribution in [0.5, 0.6) is 0 Å². The number of esters is 1. The first-order valence-corrected chi connectivity index (χ1v) is 6.31. The number of aliphatic carboxylic acids is 1. The molecule has 2 atom stereocenters. The van der Waals surface area contributed by atoms with Crippen LogP contribution in [0.15, 0.2) is 21.7 Å². The van der Waals surface area contributed by atoms with E-state index < -0.39 is 23.8 Å². The SMILES string of the molecule is O=C(OCC(Cl)=C(Cl)Cl)[C@H]1CC=CC[C@H]1C(=O)O. The van der Waals surface area contributed by atoms with Crippen LogP contribution in [0.2, 0.25) is 0 Å². The van der Waals surface area contributed by atoms with Crippen LogP contribution in [-0.2, 0) is 14.3 Å². The van der Waals surface area contributed by atoms with E-state index in [2.05, 4.69) is 0 Å². The van der Waals surface area contributed by atoms with Gasteiger partial charge in [0.1, 0.15) is 11.1 Å². The number of carbonyl (C=O) groups is 2. The Kier molecular flexibility index (Phi) is 5.99. The number of hydrogen-bond acceptors (Lipinski definition) is 3. The molecule has 18 heavy (non-hydrogen) atoms. The van der Waals surface area contributed by atoms with E-state index in [0.717, 1.165) is 0 Å². The molecule has 1 N–H and O–H groups in total. The summed E-state index contributed by atoms with van der Waals surface area (Å²) in [5.74, 6) is -3.10. The van der Waals surface area contributed by atoms with E-state index in [-0.39, 0.29) is 16.1 Å². The van der Waals surface area contributed by atoms with E-state index in [4.69, 9.17) is 44.6 Å². The molecule has 4 nitrogen and oxygen atoms in total. The molecule has 0 fully saturated rings. The number of allylic oxidation sites excluding steroid dienone is 2. The number of carbonyl (C=O) groups excluding carboxylic acids is 1. The highest BCUT2D eigenvalue weighted by atomic mass is 35.5. The fraction of sp³-hybridized carbons (Fsp3) is 0.455. The second kappa shape index (κ2) is 7.02. The van der Waals surface area contributed by atoms with Gasteiger partial charge in [0.25, 0.3) is 0 Å². The Morgan fingerprint density at radius 2 is 1.72 bits per heavy atom. The first-order chi connectivity index (χ1) is 8.43. The van der Waals surface area contributed by atoms with Crippen LogP contribution in [0.3, 0.4) is 0 Å². The van der Waals surface area contributed by atoms with Crippen molar-refractivity contribution in [1.29, 1.82) is 0 Å². The molecule has 0 aromatic rings. The van der Waals surface area contributed by atoms with Crippen molar-refractivity contribution in [3.63, 3.8) is 0 Å². The average molecular weight is 314 g/mol. The molecule has 0 aromatic carbocycles. The minimum absolute atomic E-state index is 0.00455. The highest BCUT2D eigenvalue weighted by molar-refractivity contribution is 6.59. The Balaban J connectivity index is 2.63. The zero-order valence-electron chi connectivity index (χ0n) is 9.24. The van der Waals surface area contributed by atoms with Gasteiger partial charge >= 0.3 is 11.9 Å². The highest BCUT2D eigenvalue weighted by Gasteiger charge is 2.35. The van der Waals surface area contributed by atoms with E-state index in [1.165, 1.54) is 0 Å². The molecule has 0 saturated heterocycles. The summed E-state index contributed by atoms with van der Waals surface area (Å²) in [7, 11) is 0. The van der Waals surface area contributed by atoms with Crippen LogP contribution in [0.4, 0.5) is 0 Å². The molecule has 0 aromatic heterocycles. The Morgan fingerprint density at radius 1 is 1.17 bits per heavy atom. The second-order valence-corrected chi connectivity index (χ2v) is 5.17. The summed E-state index contributed by atoms with van der Waals surface area (Å²) in [5, 5.41) is 9.01. The molecular weight excluding hydrogens is 302 g/mol. The lowest BCUT2D eigenvalue weighted by Gasteiger charge is -2.23. The van der Waals surface area contributed by atoms with Gasteiger partial charge < -0.3 is 9.84 Å². The number of rotatable bonds is 4. The van der Waals surface area contributed by atoms with Gasteiger partial charge in [0.05, 0.1) is 16.9 Å². The Labute approximate surface area is 119 Å². The van der Waals surface area contributed by atoms with Gasteiger partial charge in [0.2, 0.25) is 0 Å². The largest absolute Gasteiger partial charge is 0.481 e. The van der Waals surface area contributed by atoms with Crippen molar-refractivity contribution in [3.8, 4) is 0 Å². The van der Waals surface area contributed by atoms with Gasteiger partial charge in [-0.25, -0.2) is 0 Å². The van der Waals surface area contributed by atoms with Gasteiger partial charge in [-0.15, -0.1) is 0 Å². The van der Waals surface area contributed by atoms with Gasteiger partial charge in [-0.3, -0.25) is 9.59 Å². The third kappa shape index (κ3) is 4.19. The van der Waals surface area contributed by atoms with Crippen molar-refractivity contribution in [2.45, 2.75) is 12.8 Å². The summed E-state index contributed by atoms with van der Waals surface area (Å²) < 4.78 is 4.71. The highest BCUT2D eigenvalue weighted by Crippen LogP contribution is 2.27. The normalized spacial score (nSPS) is 22.4. The molecule has 0 radical (unpaired) electrons. The van der Waals surface area contributed by atoms with E-state index >= 15 is 0 Å². The molecule has 0 bridgehead atoms. The maximum atomic E-state index is 11.8. The van der Waals surface area contributed by atoms with E-state index in [0.29, 0.717) is 12.8 Å². The summed E-state index contributed by atoms with van der Waals surface area (Å²) in [4.78, 5) is 22.7. The van der Waals surface area contributed by atoms with Crippen LogP contribution in [0.1, 0.15) is 12.8 Å². The quantitative estimate of drug-likeness (QED) is 0.640. The topological polar surface area (TPSA) is 63.6 Å². The van der Waals surface area contributed by atoms with Gasteiger partial charge in [0.15, 0.2) is 0 Å². The number of halogens is 3. The molecule has 0 spiro atoms. The van der Waals surface area contributed by atoms with Crippen molar-refractivity contribution in [2.24, 2.45) is 11.8 Å². The standard InChI is InChI=1S/C11H11Cl3O4/c12-8(9(13)14)5-18-11(17)7-4-2-1-3-6(7)10(15)16/h1-2,6-7H,3-5H2,(H,15,16)/t6-,7+/m1/s1. The second-order valence-electron chi connectivity index (χ2n) is 3.77. The average Bonchev–Trinajstić information content (AvgIpc) is 2.35. The van der Waals surface area contributed by atoms with Crippen LogP contribution in [0, 0.1) is 11.8 Å². The molecule has 7 heteroatoms. The maximum absolute atomic E-state index is 11.8.